The predicted octanol–water partition coefficient (Wildman–Crippen LogP) is -1.17. The highest BCUT2D eigenvalue weighted by molar-refractivity contribution is 5.43. The van der Waals surface area contributed by atoms with Gasteiger partial charge in [-0.05, 0) is 36.5 Å². The summed E-state index contributed by atoms with van der Waals surface area (Å²) in [5.41, 5.74) is 3.31. The Kier molecular flexibility index (Phi) is 12.2. The lowest BCUT2D eigenvalue weighted by molar-refractivity contribution is -0.689. The van der Waals surface area contributed by atoms with Crippen LogP contribution in [0.3, 0.4) is 0 Å². The van der Waals surface area contributed by atoms with Crippen molar-refractivity contribution in [1.82, 2.24) is 0 Å². The second-order valence-corrected chi connectivity index (χ2v) is 8.35. The second-order valence-electron chi connectivity index (χ2n) is 8.35. The molecule has 0 amide bonds. The second kappa shape index (κ2) is 14.1. The highest BCUT2D eigenvalue weighted by Crippen LogP contribution is 2.26. The van der Waals surface area contributed by atoms with Gasteiger partial charge in [-0.3, -0.25) is 0 Å². The van der Waals surface area contributed by atoms with Crippen LogP contribution in [-0.2, 0) is 19.5 Å². The monoisotopic (exact) mass is 460 g/mol. The maximum absolute atomic E-state index is 11.0. The van der Waals surface area contributed by atoms with Gasteiger partial charge in [0.1, 0.15) is 5.75 Å². The molecule has 1 N–H and O–H groups in total. The van der Waals surface area contributed by atoms with Crippen molar-refractivity contribution in [1.29, 1.82) is 0 Å². The van der Waals surface area contributed by atoms with E-state index in [0.717, 1.165) is 23.5 Å². The molecule has 0 bridgehead atoms. The first-order valence-electron chi connectivity index (χ1n) is 10.8. The number of pyridine rings is 2. The van der Waals surface area contributed by atoms with E-state index in [2.05, 4.69) is 35.1 Å². The Balaban J connectivity index is 0.00000240. The molecule has 3 rings (SSSR count). The maximum atomic E-state index is 11.0. The SMILES string of the molecule is CC(C)CCCCCc1cc(C[n+]2ccccc2)c(O)c(C[n+]2ccccc2)c1.[Cl-].[Cl-]. The van der Waals surface area contributed by atoms with Crippen LogP contribution in [0.25, 0.3) is 0 Å². The fourth-order valence-electron chi connectivity index (χ4n) is 3.75. The molecule has 1 aromatic carbocycles. The van der Waals surface area contributed by atoms with Gasteiger partial charge in [-0.2, -0.15) is 0 Å². The van der Waals surface area contributed by atoms with Crippen molar-refractivity contribution in [2.45, 2.75) is 59.0 Å². The standard InChI is InChI=1S/C26H33N2O.2ClH/c1-22(2)12-6-3-7-13-23-18-24(20-27-14-8-4-9-15-27)26(29)25(19-23)21-28-16-10-5-11-17-28;;/h4-5,8-11,14-19,22H,3,6-7,12-13,20-21H2,1-2H3;2*1H/q+1;;/p-1. The van der Waals surface area contributed by atoms with Crippen molar-refractivity contribution in [3.8, 4) is 5.75 Å². The number of halogens is 2. The number of aromatic hydroxyl groups is 1. The van der Waals surface area contributed by atoms with Crippen LogP contribution >= 0.6 is 0 Å². The number of unbranched alkanes of at least 4 members (excludes halogenated alkanes) is 2. The summed E-state index contributed by atoms with van der Waals surface area (Å²) < 4.78 is 4.22. The van der Waals surface area contributed by atoms with E-state index in [1.54, 1.807) is 0 Å². The Hall–Kier alpha value is -2.10. The molecule has 2 heterocycles. The summed E-state index contributed by atoms with van der Waals surface area (Å²) in [6.07, 6.45) is 14.3. The number of nitrogens with zero attached hydrogens (tertiary/aromatic N) is 2. The molecular formula is C26H34Cl2N2O. The molecule has 0 spiro atoms. The average molecular weight is 461 g/mol. The molecule has 31 heavy (non-hydrogen) atoms. The molecule has 0 aliphatic carbocycles. The maximum Gasteiger partial charge on any atom is 0.177 e. The van der Waals surface area contributed by atoms with Crippen molar-refractivity contribution < 1.29 is 39.1 Å². The lowest BCUT2D eigenvalue weighted by atomic mass is 9.98. The molecule has 0 aliphatic heterocycles. The number of aryl methyl sites for hydroxylation is 1. The first kappa shape index (κ1) is 26.9. The van der Waals surface area contributed by atoms with Crippen molar-refractivity contribution in [2.24, 2.45) is 5.92 Å². The van der Waals surface area contributed by atoms with E-state index in [1.807, 2.05) is 61.2 Å². The Morgan fingerprint density at radius 1 is 0.710 bits per heavy atom. The summed E-state index contributed by atoms with van der Waals surface area (Å²) in [6, 6.07) is 16.5. The van der Waals surface area contributed by atoms with Gasteiger partial charge in [-0.25, -0.2) is 9.13 Å². The molecule has 5 heteroatoms. The van der Waals surface area contributed by atoms with E-state index >= 15 is 0 Å². The first-order valence-corrected chi connectivity index (χ1v) is 10.8. The minimum absolute atomic E-state index is 0. The molecule has 3 nitrogen and oxygen atoms in total. The summed E-state index contributed by atoms with van der Waals surface area (Å²) in [5, 5.41) is 11.0. The van der Waals surface area contributed by atoms with Gasteiger partial charge in [0.05, 0.1) is 11.1 Å². The summed E-state index contributed by atoms with van der Waals surface area (Å²) in [4.78, 5) is 0. The van der Waals surface area contributed by atoms with Gasteiger partial charge in [-0.1, -0.05) is 45.2 Å². The van der Waals surface area contributed by atoms with E-state index in [0.29, 0.717) is 18.8 Å². The number of hydrogen-bond donors (Lipinski definition) is 1. The molecule has 0 saturated heterocycles. The molecule has 0 atom stereocenters. The Bertz CT molecular complexity index is 824. The largest absolute Gasteiger partial charge is 1.00 e. The molecular weight excluding hydrogens is 427 g/mol. The quantitative estimate of drug-likeness (QED) is 0.299. The van der Waals surface area contributed by atoms with Gasteiger partial charge >= 0.3 is 0 Å². The molecule has 0 radical (unpaired) electrons. The number of hydrogen-bond acceptors (Lipinski definition) is 1. The van der Waals surface area contributed by atoms with Gasteiger partial charge in [0, 0.05) is 24.3 Å². The fraction of sp³-hybridized carbons (Fsp3) is 0.385. The number of aromatic nitrogens is 2. The highest BCUT2D eigenvalue weighted by atomic mass is 35.5. The van der Waals surface area contributed by atoms with Crippen LogP contribution in [0.2, 0.25) is 0 Å². The summed E-state index contributed by atoms with van der Waals surface area (Å²) in [6.45, 7) is 5.95. The van der Waals surface area contributed by atoms with Crippen molar-refractivity contribution in [3.63, 3.8) is 0 Å². The normalized spacial score (nSPS) is 10.4. The van der Waals surface area contributed by atoms with Gasteiger partial charge in [-0.15, -0.1) is 0 Å². The Morgan fingerprint density at radius 3 is 1.65 bits per heavy atom. The minimum atomic E-state index is 0. The molecule has 0 aliphatic rings. The molecule has 2 aromatic heterocycles. The third kappa shape index (κ3) is 8.88. The van der Waals surface area contributed by atoms with Crippen molar-refractivity contribution in [3.05, 3.63) is 90.0 Å². The van der Waals surface area contributed by atoms with Crippen LogP contribution in [-0.4, -0.2) is 5.11 Å². The third-order valence-electron chi connectivity index (χ3n) is 5.33. The number of rotatable bonds is 10. The molecule has 0 saturated carbocycles. The zero-order chi connectivity index (χ0) is 20.5. The highest BCUT2D eigenvalue weighted by Gasteiger charge is 2.16. The van der Waals surface area contributed by atoms with Crippen LogP contribution in [0.1, 0.15) is 56.2 Å². The van der Waals surface area contributed by atoms with E-state index < -0.39 is 0 Å². The number of benzene rings is 1. The average Bonchev–Trinajstić information content (AvgIpc) is 2.72. The van der Waals surface area contributed by atoms with Crippen molar-refractivity contribution >= 4 is 0 Å². The van der Waals surface area contributed by atoms with Gasteiger partial charge in [0.25, 0.3) is 0 Å². The van der Waals surface area contributed by atoms with Crippen LogP contribution < -0.4 is 33.9 Å². The third-order valence-corrected chi connectivity index (χ3v) is 5.33. The summed E-state index contributed by atoms with van der Waals surface area (Å²) in [7, 11) is 0. The number of phenolic OH excluding ortho intramolecular Hbond substituents is 1. The lowest BCUT2D eigenvalue weighted by Gasteiger charge is -2.11. The fourth-order valence-corrected chi connectivity index (χ4v) is 3.75. The molecule has 0 unspecified atom stereocenters. The van der Waals surface area contributed by atoms with E-state index in [1.165, 1.54) is 31.2 Å². The topological polar surface area (TPSA) is 28.0 Å². The van der Waals surface area contributed by atoms with Crippen LogP contribution in [0, 0.1) is 5.92 Å². The van der Waals surface area contributed by atoms with Crippen LogP contribution in [0.5, 0.6) is 5.75 Å². The van der Waals surface area contributed by atoms with E-state index in [-0.39, 0.29) is 24.8 Å². The smallest absolute Gasteiger partial charge is 0.177 e. The summed E-state index contributed by atoms with van der Waals surface area (Å²) in [5.74, 6) is 1.20. The van der Waals surface area contributed by atoms with Crippen LogP contribution in [0.15, 0.2) is 73.3 Å². The Morgan fingerprint density at radius 2 is 1.19 bits per heavy atom. The van der Waals surface area contributed by atoms with Gasteiger partial charge in [0.2, 0.25) is 0 Å². The van der Waals surface area contributed by atoms with E-state index in [4.69, 9.17) is 0 Å². The predicted molar refractivity (Wildman–Crippen MR) is 117 cm³/mol. The Labute approximate surface area is 199 Å². The zero-order valence-corrected chi connectivity index (χ0v) is 20.1. The number of phenols is 1. The van der Waals surface area contributed by atoms with Crippen molar-refractivity contribution in [2.75, 3.05) is 0 Å². The van der Waals surface area contributed by atoms with Gasteiger partial charge in [0.15, 0.2) is 37.9 Å². The van der Waals surface area contributed by atoms with Crippen LogP contribution in [0.4, 0.5) is 0 Å². The van der Waals surface area contributed by atoms with Gasteiger partial charge < -0.3 is 29.9 Å². The molecule has 0 fully saturated rings. The summed E-state index contributed by atoms with van der Waals surface area (Å²) >= 11 is 0. The van der Waals surface area contributed by atoms with E-state index in [9.17, 15) is 5.11 Å². The molecule has 3 aromatic rings. The molecule has 168 valence electrons. The lowest BCUT2D eigenvalue weighted by Crippen LogP contribution is -3.00. The minimum Gasteiger partial charge on any atom is -1.00 e. The first-order chi connectivity index (χ1) is 14.1. The zero-order valence-electron chi connectivity index (χ0n) is 18.6.